The summed E-state index contributed by atoms with van der Waals surface area (Å²) in [4.78, 5) is 0. The predicted octanol–water partition coefficient (Wildman–Crippen LogP) is 3.24. The van der Waals surface area contributed by atoms with Crippen LogP contribution >= 0.6 is 0 Å². The first-order valence-corrected chi connectivity index (χ1v) is 6.57. The average molecular weight is 215 g/mol. The average Bonchev–Trinajstić information content (AvgIpc) is 2.90. The van der Waals surface area contributed by atoms with Crippen molar-refractivity contribution in [3.8, 4) is 0 Å². The van der Waals surface area contributed by atoms with Crippen molar-refractivity contribution in [3.05, 3.63) is 35.4 Å². The Morgan fingerprint density at radius 2 is 2.06 bits per heavy atom. The standard InChI is InChI=1S/C15H21N/c1-12-5-4-6-13(9-12)14-10-16-11-15(14)7-2-3-8-15/h4-6,9,14,16H,2-3,7-8,10-11H2,1H3. The van der Waals surface area contributed by atoms with Crippen LogP contribution in [0.2, 0.25) is 0 Å². The number of rotatable bonds is 1. The van der Waals surface area contributed by atoms with Crippen LogP contribution in [0.15, 0.2) is 24.3 Å². The maximum Gasteiger partial charge on any atom is 0.00321 e. The number of hydrogen-bond donors (Lipinski definition) is 1. The zero-order chi connectivity index (χ0) is 11.0. The second-order valence-corrected chi connectivity index (χ2v) is 5.67. The van der Waals surface area contributed by atoms with E-state index in [1.807, 2.05) is 0 Å². The number of nitrogens with one attached hydrogen (secondary N) is 1. The summed E-state index contributed by atoms with van der Waals surface area (Å²) in [5, 5.41) is 3.62. The van der Waals surface area contributed by atoms with Crippen LogP contribution in [-0.2, 0) is 0 Å². The van der Waals surface area contributed by atoms with Crippen LogP contribution in [0, 0.1) is 12.3 Å². The van der Waals surface area contributed by atoms with Crippen molar-refractivity contribution < 1.29 is 0 Å². The molecule has 0 radical (unpaired) electrons. The Kier molecular flexibility index (Phi) is 2.51. The summed E-state index contributed by atoms with van der Waals surface area (Å²) in [5.74, 6) is 0.759. The second-order valence-electron chi connectivity index (χ2n) is 5.67. The van der Waals surface area contributed by atoms with Gasteiger partial charge in [0.1, 0.15) is 0 Å². The van der Waals surface area contributed by atoms with E-state index in [0.717, 1.165) is 5.92 Å². The molecule has 1 saturated carbocycles. The molecule has 0 aromatic heterocycles. The maximum absolute atomic E-state index is 3.62. The molecule has 86 valence electrons. The van der Waals surface area contributed by atoms with E-state index in [0.29, 0.717) is 5.41 Å². The molecule has 16 heavy (non-hydrogen) atoms. The molecule has 1 nitrogen and oxygen atoms in total. The Balaban J connectivity index is 1.94. The van der Waals surface area contributed by atoms with Gasteiger partial charge in [0.25, 0.3) is 0 Å². The molecule has 0 amide bonds. The van der Waals surface area contributed by atoms with Gasteiger partial charge in [-0.15, -0.1) is 0 Å². The van der Waals surface area contributed by atoms with Gasteiger partial charge in [-0.1, -0.05) is 42.7 Å². The molecule has 1 aliphatic carbocycles. The minimum absolute atomic E-state index is 0.591. The van der Waals surface area contributed by atoms with Gasteiger partial charge in [-0.3, -0.25) is 0 Å². The molecule has 2 aliphatic rings. The fourth-order valence-corrected chi connectivity index (χ4v) is 3.77. The number of aryl methyl sites for hydroxylation is 1. The summed E-state index contributed by atoms with van der Waals surface area (Å²) in [6.45, 7) is 4.63. The molecule has 1 N–H and O–H groups in total. The van der Waals surface area contributed by atoms with Crippen molar-refractivity contribution in [2.45, 2.75) is 38.5 Å². The molecular formula is C15H21N. The van der Waals surface area contributed by atoms with E-state index in [2.05, 4.69) is 36.5 Å². The molecule has 1 spiro atoms. The largest absolute Gasteiger partial charge is 0.316 e. The maximum atomic E-state index is 3.62. The highest BCUT2D eigenvalue weighted by Gasteiger charge is 2.45. The highest BCUT2D eigenvalue weighted by molar-refractivity contribution is 5.29. The summed E-state index contributed by atoms with van der Waals surface area (Å²) in [6.07, 6.45) is 5.73. The van der Waals surface area contributed by atoms with E-state index in [-0.39, 0.29) is 0 Å². The first-order valence-electron chi connectivity index (χ1n) is 6.57. The van der Waals surface area contributed by atoms with Gasteiger partial charge in [0.15, 0.2) is 0 Å². The SMILES string of the molecule is Cc1cccc(C2CNCC23CCCC3)c1. The summed E-state index contributed by atoms with van der Waals surface area (Å²) in [5.41, 5.74) is 3.55. The Morgan fingerprint density at radius 1 is 1.25 bits per heavy atom. The fourth-order valence-electron chi connectivity index (χ4n) is 3.77. The monoisotopic (exact) mass is 215 g/mol. The zero-order valence-corrected chi connectivity index (χ0v) is 10.1. The lowest BCUT2D eigenvalue weighted by atomic mass is 9.73. The smallest absolute Gasteiger partial charge is 0.00321 e. The van der Waals surface area contributed by atoms with Crippen LogP contribution in [0.1, 0.15) is 42.7 Å². The minimum atomic E-state index is 0.591. The Morgan fingerprint density at radius 3 is 2.81 bits per heavy atom. The summed E-state index contributed by atoms with van der Waals surface area (Å²) in [6, 6.07) is 9.13. The van der Waals surface area contributed by atoms with Gasteiger partial charge < -0.3 is 5.32 Å². The second kappa shape index (κ2) is 3.89. The molecule has 1 aliphatic heterocycles. The molecule has 1 saturated heterocycles. The highest BCUT2D eigenvalue weighted by Crippen LogP contribution is 2.50. The van der Waals surface area contributed by atoms with Gasteiger partial charge in [-0.05, 0) is 30.7 Å². The van der Waals surface area contributed by atoms with Gasteiger partial charge >= 0.3 is 0 Å². The zero-order valence-electron chi connectivity index (χ0n) is 10.1. The summed E-state index contributed by atoms with van der Waals surface area (Å²) in [7, 11) is 0. The normalized spacial score (nSPS) is 27.7. The quantitative estimate of drug-likeness (QED) is 0.758. The lowest BCUT2D eigenvalue weighted by Crippen LogP contribution is -2.25. The Bertz CT molecular complexity index is 371. The topological polar surface area (TPSA) is 12.0 Å². The molecule has 1 aromatic carbocycles. The minimum Gasteiger partial charge on any atom is -0.316 e. The molecule has 2 fully saturated rings. The Labute approximate surface area is 98.3 Å². The molecular weight excluding hydrogens is 194 g/mol. The molecule has 0 bridgehead atoms. The number of hydrogen-bond acceptors (Lipinski definition) is 1. The first-order chi connectivity index (χ1) is 7.80. The van der Waals surface area contributed by atoms with Crippen molar-refractivity contribution in [3.63, 3.8) is 0 Å². The van der Waals surface area contributed by atoms with E-state index in [1.165, 1.54) is 44.3 Å². The van der Waals surface area contributed by atoms with Crippen LogP contribution in [0.25, 0.3) is 0 Å². The molecule has 1 unspecified atom stereocenters. The van der Waals surface area contributed by atoms with Crippen molar-refractivity contribution in [1.29, 1.82) is 0 Å². The van der Waals surface area contributed by atoms with E-state index in [9.17, 15) is 0 Å². The van der Waals surface area contributed by atoms with Crippen molar-refractivity contribution in [2.24, 2.45) is 5.41 Å². The molecule has 1 atom stereocenters. The van der Waals surface area contributed by atoms with Crippen LogP contribution in [0.5, 0.6) is 0 Å². The van der Waals surface area contributed by atoms with Gasteiger partial charge in [0.05, 0.1) is 0 Å². The molecule has 1 aromatic rings. The third-order valence-electron chi connectivity index (χ3n) is 4.61. The predicted molar refractivity (Wildman–Crippen MR) is 67.7 cm³/mol. The van der Waals surface area contributed by atoms with Crippen molar-refractivity contribution >= 4 is 0 Å². The van der Waals surface area contributed by atoms with Crippen LogP contribution < -0.4 is 5.32 Å². The third kappa shape index (κ3) is 1.58. The lowest BCUT2D eigenvalue weighted by Gasteiger charge is -2.30. The van der Waals surface area contributed by atoms with Gasteiger partial charge in [0.2, 0.25) is 0 Å². The van der Waals surface area contributed by atoms with E-state index >= 15 is 0 Å². The molecule has 1 heterocycles. The van der Waals surface area contributed by atoms with Crippen molar-refractivity contribution in [2.75, 3.05) is 13.1 Å². The fraction of sp³-hybridized carbons (Fsp3) is 0.600. The molecule has 1 heteroatoms. The third-order valence-corrected chi connectivity index (χ3v) is 4.61. The van der Waals surface area contributed by atoms with Crippen LogP contribution in [-0.4, -0.2) is 13.1 Å². The van der Waals surface area contributed by atoms with E-state index in [1.54, 1.807) is 5.56 Å². The van der Waals surface area contributed by atoms with Crippen LogP contribution in [0.4, 0.5) is 0 Å². The van der Waals surface area contributed by atoms with E-state index in [4.69, 9.17) is 0 Å². The summed E-state index contributed by atoms with van der Waals surface area (Å²) < 4.78 is 0. The van der Waals surface area contributed by atoms with Gasteiger partial charge in [0, 0.05) is 19.0 Å². The van der Waals surface area contributed by atoms with Gasteiger partial charge in [-0.25, -0.2) is 0 Å². The lowest BCUT2D eigenvalue weighted by molar-refractivity contribution is 0.295. The van der Waals surface area contributed by atoms with E-state index < -0.39 is 0 Å². The number of benzene rings is 1. The first kappa shape index (κ1) is 10.3. The van der Waals surface area contributed by atoms with Crippen LogP contribution in [0.3, 0.4) is 0 Å². The highest BCUT2D eigenvalue weighted by atomic mass is 14.9. The molecule has 3 rings (SSSR count). The van der Waals surface area contributed by atoms with Crippen molar-refractivity contribution in [1.82, 2.24) is 5.32 Å². The van der Waals surface area contributed by atoms with Gasteiger partial charge in [-0.2, -0.15) is 0 Å². The Hall–Kier alpha value is -0.820. The summed E-state index contributed by atoms with van der Waals surface area (Å²) >= 11 is 0.